The molecule has 0 saturated carbocycles. The molecule has 2 atom stereocenters. The molecule has 9 heteroatoms. The highest BCUT2D eigenvalue weighted by Gasteiger charge is 2.44. The molecule has 2 aliphatic rings. The van der Waals surface area contributed by atoms with Gasteiger partial charge in [-0.25, -0.2) is 4.79 Å². The van der Waals surface area contributed by atoms with Gasteiger partial charge in [-0.05, 0) is 61.4 Å². The molecule has 0 aliphatic carbocycles. The topological polar surface area (TPSA) is 68.6 Å². The highest BCUT2D eigenvalue weighted by atomic mass is 79.9. The molecule has 1 N–H and O–H groups in total. The number of aliphatic hydroxyl groups excluding tert-OH is 1. The molecule has 2 heterocycles. The van der Waals surface area contributed by atoms with Gasteiger partial charge in [0, 0.05) is 41.7 Å². The number of urea groups is 1. The van der Waals surface area contributed by atoms with Crippen molar-refractivity contribution in [1.82, 2.24) is 14.7 Å². The van der Waals surface area contributed by atoms with Crippen molar-refractivity contribution < 1.29 is 14.6 Å². The maximum absolute atomic E-state index is 14.5. The predicted octanol–water partition coefficient (Wildman–Crippen LogP) is 6.27. The first-order valence-corrected chi connectivity index (χ1v) is 15.2. The predicted molar refractivity (Wildman–Crippen MR) is 165 cm³/mol. The summed E-state index contributed by atoms with van der Waals surface area (Å²) in [4.78, 5) is 25.8. The van der Waals surface area contributed by atoms with Crippen molar-refractivity contribution in [3.63, 3.8) is 0 Å². The average Bonchev–Trinajstić information content (AvgIpc) is 3.34. The minimum Gasteiger partial charge on any atom is -0.490 e. The number of benzene rings is 3. The van der Waals surface area contributed by atoms with E-state index in [0.717, 1.165) is 38.7 Å². The third kappa shape index (κ3) is 6.28. The Morgan fingerprint density at radius 2 is 1.52 bits per heavy atom. The van der Waals surface area contributed by atoms with Crippen LogP contribution < -0.4 is 4.74 Å². The minimum atomic E-state index is -0.348. The monoisotopic (exact) mass is 668 g/mol. The van der Waals surface area contributed by atoms with Gasteiger partial charge in [0.1, 0.15) is 17.6 Å². The van der Waals surface area contributed by atoms with Crippen LogP contribution in [-0.2, 0) is 0 Å². The largest absolute Gasteiger partial charge is 0.490 e. The van der Waals surface area contributed by atoms with E-state index in [1.54, 1.807) is 0 Å². The van der Waals surface area contributed by atoms with E-state index in [9.17, 15) is 9.90 Å². The van der Waals surface area contributed by atoms with E-state index in [2.05, 4.69) is 61.0 Å². The Labute approximate surface area is 252 Å². The van der Waals surface area contributed by atoms with Crippen LogP contribution in [0.5, 0.6) is 5.75 Å². The Morgan fingerprint density at radius 3 is 2.12 bits per heavy atom. The Hall–Kier alpha value is -2.72. The highest BCUT2D eigenvalue weighted by Crippen LogP contribution is 2.45. The quantitative estimate of drug-likeness (QED) is 0.322. The van der Waals surface area contributed by atoms with Crippen molar-refractivity contribution in [1.29, 1.82) is 0 Å². The lowest BCUT2D eigenvalue weighted by molar-refractivity contribution is 0.108. The Balaban J connectivity index is 1.62. The summed E-state index contributed by atoms with van der Waals surface area (Å²) in [6, 6.07) is 23.4. The standard InChI is InChI=1S/C31H34Br2N4O3/c1-21(2)40-27-6-4-3-5-26(27)30-34-28(22-7-11-24(32)12-8-22)29(23-9-13-25(33)14-10-23)37(30)31(39)36-17-15-35(16-18-36)19-20-38/h3-14,21,28-29,38H,15-20H2,1-2H3. The normalized spacial score (nSPS) is 19.7. The van der Waals surface area contributed by atoms with Crippen molar-refractivity contribution in [3.05, 3.63) is 98.4 Å². The molecule has 210 valence electrons. The Kier molecular flexibility index (Phi) is 9.25. The summed E-state index contributed by atoms with van der Waals surface area (Å²) >= 11 is 7.12. The Bertz CT molecular complexity index is 1340. The zero-order valence-electron chi connectivity index (χ0n) is 22.7. The number of nitrogens with zero attached hydrogens (tertiary/aromatic N) is 4. The molecule has 1 fully saturated rings. The first kappa shape index (κ1) is 28.8. The van der Waals surface area contributed by atoms with Crippen LogP contribution in [0.4, 0.5) is 4.79 Å². The second kappa shape index (κ2) is 12.9. The van der Waals surface area contributed by atoms with Crippen molar-refractivity contribution in [2.75, 3.05) is 39.3 Å². The van der Waals surface area contributed by atoms with Gasteiger partial charge >= 0.3 is 6.03 Å². The van der Waals surface area contributed by atoms with Crippen LogP contribution in [0.1, 0.15) is 42.6 Å². The molecule has 5 rings (SSSR count). The number of carbonyl (C=O) groups excluding carboxylic acids is 1. The molecule has 2 unspecified atom stereocenters. The van der Waals surface area contributed by atoms with Crippen LogP contribution in [0.3, 0.4) is 0 Å². The molecule has 7 nitrogen and oxygen atoms in total. The number of aliphatic imine (C=N–C) groups is 1. The molecule has 0 radical (unpaired) electrons. The van der Waals surface area contributed by atoms with E-state index in [0.29, 0.717) is 31.2 Å². The maximum atomic E-state index is 14.5. The fourth-order valence-corrected chi connectivity index (χ4v) is 5.85. The zero-order chi connectivity index (χ0) is 28.2. The number of para-hydroxylation sites is 1. The fraction of sp³-hybridized carbons (Fsp3) is 0.355. The number of amidine groups is 1. The lowest BCUT2D eigenvalue weighted by Gasteiger charge is -2.39. The molecule has 0 bridgehead atoms. The first-order chi connectivity index (χ1) is 19.4. The fourth-order valence-electron chi connectivity index (χ4n) is 5.32. The van der Waals surface area contributed by atoms with Gasteiger partial charge in [-0.1, -0.05) is 68.3 Å². The molecule has 1 saturated heterocycles. The molecule has 2 amide bonds. The number of hydrogen-bond donors (Lipinski definition) is 1. The number of carbonyl (C=O) groups is 1. The van der Waals surface area contributed by atoms with Gasteiger partial charge < -0.3 is 14.7 Å². The molecule has 0 aromatic heterocycles. The summed E-state index contributed by atoms with van der Waals surface area (Å²) in [5.74, 6) is 1.31. The van der Waals surface area contributed by atoms with E-state index >= 15 is 0 Å². The second-order valence-electron chi connectivity index (χ2n) is 10.3. The summed E-state index contributed by atoms with van der Waals surface area (Å²) < 4.78 is 8.18. The van der Waals surface area contributed by atoms with Gasteiger partial charge in [-0.2, -0.15) is 0 Å². The van der Waals surface area contributed by atoms with E-state index < -0.39 is 0 Å². The van der Waals surface area contributed by atoms with Crippen molar-refractivity contribution >= 4 is 43.7 Å². The summed E-state index contributed by atoms with van der Waals surface area (Å²) in [6.07, 6.45) is -0.0311. The van der Waals surface area contributed by atoms with Crippen molar-refractivity contribution in [2.45, 2.75) is 32.0 Å². The van der Waals surface area contributed by atoms with E-state index in [1.807, 2.05) is 72.2 Å². The molecule has 3 aromatic rings. The van der Waals surface area contributed by atoms with Crippen molar-refractivity contribution in [3.8, 4) is 5.75 Å². The smallest absolute Gasteiger partial charge is 0.326 e. The second-order valence-corrected chi connectivity index (χ2v) is 12.1. The van der Waals surface area contributed by atoms with Crippen molar-refractivity contribution in [2.24, 2.45) is 4.99 Å². The molecule has 3 aromatic carbocycles. The van der Waals surface area contributed by atoms with E-state index in [-0.39, 0.29) is 30.8 Å². The van der Waals surface area contributed by atoms with Gasteiger partial charge in [0.15, 0.2) is 0 Å². The summed E-state index contributed by atoms with van der Waals surface area (Å²) in [6.45, 7) is 7.34. The Morgan fingerprint density at radius 1 is 0.925 bits per heavy atom. The molecular weight excluding hydrogens is 636 g/mol. The zero-order valence-corrected chi connectivity index (χ0v) is 25.9. The summed E-state index contributed by atoms with van der Waals surface area (Å²) in [5, 5.41) is 9.39. The number of β-amino-alcohol motifs (C(OH)–C–C–N with tert-alkyl or cyclic N) is 1. The van der Waals surface area contributed by atoms with Gasteiger partial charge in [-0.3, -0.25) is 14.8 Å². The van der Waals surface area contributed by atoms with Gasteiger partial charge in [0.25, 0.3) is 0 Å². The third-order valence-corrected chi connectivity index (χ3v) is 8.30. The molecule has 40 heavy (non-hydrogen) atoms. The van der Waals surface area contributed by atoms with E-state index in [1.165, 1.54) is 0 Å². The minimum absolute atomic E-state index is 0.0311. The summed E-state index contributed by atoms with van der Waals surface area (Å²) in [7, 11) is 0. The number of halogens is 2. The molecule has 2 aliphatic heterocycles. The molecular formula is C31H34Br2N4O3. The van der Waals surface area contributed by atoms with Crippen LogP contribution >= 0.6 is 31.9 Å². The van der Waals surface area contributed by atoms with Crippen LogP contribution in [-0.4, -0.2) is 77.1 Å². The lowest BCUT2D eigenvalue weighted by atomic mass is 9.94. The van der Waals surface area contributed by atoms with Crippen LogP contribution in [0.2, 0.25) is 0 Å². The number of rotatable bonds is 7. The third-order valence-electron chi connectivity index (χ3n) is 7.25. The highest BCUT2D eigenvalue weighted by molar-refractivity contribution is 9.10. The number of aliphatic hydroxyl groups is 1. The summed E-state index contributed by atoms with van der Waals surface area (Å²) in [5.41, 5.74) is 2.83. The van der Waals surface area contributed by atoms with Gasteiger partial charge in [-0.15, -0.1) is 0 Å². The number of amides is 2. The SMILES string of the molecule is CC(C)Oc1ccccc1C1=NC(c2ccc(Br)cc2)C(c2ccc(Br)cc2)N1C(=O)N1CCN(CCO)CC1. The van der Waals surface area contributed by atoms with Crippen LogP contribution in [0.15, 0.2) is 86.7 Å². The number of piperazine rings is 1. The van der Waals surface area contributed by atoms with E-state index in [4.69, 9.17) is 9.73 Å². The van der Waals surface area contributed by atoms with Crippen LogP contribution in [0, 0.1) is 0 Å². The van der Waals surface area contributed by atoms with Crippen LogP contribution in [0.25, 0.3) is 0 Å². The number of hydrogen-bond acceptors (Lipinski definition) is 5. The van der Waals surface area contributed by atoms with Gasteiger partial charge in [0.2, 0.25) is 0 Å². The number of ether oxygens (including phenoxy) is 1. The first-order valence-electron chi connectivity index (χ1n) is 13.6. The average molecular weight is 670 g/mol. The maximum Gasteiger partial charge on any atom is 0.326 e. The molecule has 0 spiro atoms. The van der Waals surface area contributed by atoms with Gasteiger partial charge in [0.05, 0.1) is 24.3 Å². The lowest BCUT2D eigenvalue weighted by Crippen LogP contribution is -2.54.